The molecule has 0 saturated heterocycles. The zero-order chi connectivity index (χ0) is 25.5. The zero-order valence-electron chi connectivity index (χ0n) is 18.7. The van der Waals surface area contributed by atoms with E-state index in [1.54, 1.807) is 32.0 Å². The molecule has 180 valence electrons. The van der Waals surface area contributed by atoms with Crippen molar-refractivity contribution in [3.63, 3.8) is 0 Å². The fourth-order valence-electron chi connectivity index (χ4n) is 3.72. The number of para-hydroxylation sites is 1. The van der Waals surface area contributed by atoms with E-state index in [2.05, 4.69) is 21.9 Å². The summed E-state index contributed by atoms with van der Waals surface area (Å²) < 4.78 is 67.9. The predicted octanol–water partition coefficient (Wildman–Crippen LogP) is 5.47. The summed E-state index contributed by atoms with van der Waals surface area (Å²) in [5, 5.41) is 2.58. The fraction of sp³-hybridized carbons (Fsp3) is 0.160. The standard InChI is InChI=1S/C25H19F5N4O/c1-13-7-8-16(14(2)31-12-25(28,29)30)11-18(13)22-17-9-10-21(35)34(24(17)33-15(3)32-22)23-19(26)5-4-6-20(23)27/h4-11,31H,2,12H2,1,3H3. The van der Waals surface area contributed by atoms with Crippen LogP contribution >= 0.6 is 0 Å². The van der Waals surface area contributed by atoms with Crippen LogP contribution < -0.4 is 10.9 Å². The summed E-state index contributed by atoms with van der Waals surface area (Å²) in [6, 6.07) is 10.8. The number of pyridine rings is 1. The van der Waals surface area contributed by atoms with Crippen LogP contribution in [-0.4, -0.2) is 27.3 Å². The van der Waals surface area contributed by atoms with Crippen molar-refractivity contribution in [1.82, 2.24) is 19.9 Å². The van der Waals surface area contributed by atoms with E-state index in [9.17, 15) is 26.7 Å². The molecule has 0 bridgehead atoms. The monoisotopic (exact) mass is 486 g/mol. The largest absolute Gasteiger partial charge is 0.405 e. The minimum Gasteiger partial charge on any atom is -0.376 e. The molecule has 4 rings (SSSR count). The maximum Gasteiger partial charge on any atom is 0.405 e. The average Bonchev–Trinajstić information content (AvgIpc) is 2.78. The van der Waals surface area contributed by atoms with E-state index < -0.39 is 35.6 Å². The summed E-state index contributed by atoms with van der Waals surface area (Å²) in [5.41, 5.74) is 0.794. The Morgan fingerprint density at radius 2 is 1.71 bits per heavy atom. The van der Waals surface area contributed by atoms with Gasteiger partial charge in [-0.3, -0.25) is 9.36 Å². The van der Waals surface area contributed by atoms with Crippen LogP contribution in [0, 0.1) is 25.5 Å². The van der Waals surface area contributed by atoms with E-state index in [-0.39, 0.29) is 17.2 Å². The van der Waals surface area contributed by atoms with Crippen LogP contribution in [0.3, 0.4) is 0 Å². The Hall–Kier alpha value is -4.08. The van der Waals surface area contributed by atoms with E-state index in [0.717, 1.165) is 28.3 Å². The minimum absolute atomic E-state index is 0.0113. The van der Waals surface area contributed by atoms with Gasteiger partial charge in [0.15, 0.2) is 5.65 Å². The Bertz CT molecular complexity index is 1510. The molecule has 0 saturated carbocycles. The van der Waals surface area contributed by atoms with Gasteiger partial charge in [0.2, 0.25) is 0 Å². The van der Waals surface area contributed by atoms with Gasteiger partial charge in [0.1, 0.15) is 29.7 Å². The van der Waals surface area contributed by atoms with E-state index in [1.807, 2.05) is 0 Å². The molecule has 10 heteroatoms. The summed E-state index contributed by atoms with van der Waals surface area (Å²) in [5.74, 6) is -1.66. The minimum atomic E-state index is -4.41. The number of benzene rings is 2. The second kappa shape index (κ2) is 8.94. The third-order valence-electron chi connectivity index (χ3n) is 5.37. The summed E-state index contributed by atoms with van der Waals surface area (Å²) in [6.07, 6.45) is -4.41. The molecule has 0 atom stereocenters. The number of hydrogen-bond donors (Lipinski definition) is 1. The topological polar surface area (TPSA) is 59.8 Å². The average molecular weight is 486 g/mol. The lowest BCUT2D eigenvalue weighted by Gasteiger charge is -2.16. The molecule has 35 heavy (non-hydrogen) atoms. The van der Waals surface area contributed by atoms with Crippen molar-refractivity contribution in [1.29, 1.82) is 0 Å². The molecule has 5 nitrogen and oxygen atoms in total. The van der Waals surface area contributed by atoms with Gasteiger partial charge in [-0.2, -0.15) is 13.2 Å². The maximum atomic E-state index is 14.6. The number of aromatic nitrogens is 3. The highest BCUT2D eigenvalue weighted by molar-refractivity contribution is 5.92. The van der Waals surface area contributed by atoms with Crippen LogP contribution in [0.1, 0.15) is 17.0 Å². The maximum absolute atomic E-state index is 14.6. The second-order valence-corrected chi connectivity index (χ2v) is 7.91. The summed E-state index contributed by atoms with van der Waals surface area (Å²) in [7, 11) is 0. The Kier molecular flexibility index (Phi) is 6.14. The highest BCUT2D eigenvalue weighted by Crippen LogP contribution is 2.31. The SMILES string of the molecule is C=C(NCC(F)(F)F)c1ccc(C)c(-c2nc(C)nc3c2ccc(=O)n3-c2c(F)cccc2F)c1. The first kappa shape index (κ1) is 24.1. The van der Waals surface area contributed by atoms with Crippen molar-refractivity contribution < 1.29 is 22.0 Å². The number of nitrogens with one attached hydrogen (secondary N) is 1. The van der Waals surface area contributed by atoms with Crippen molar-refractivity contribution in [2.75, 3.05) is 6.54 Å². The molecule has 0 radical (unpaired) electrons. The van der Waals surface area contributed by atoms with Gasteiger partial charge in [0, 0.05) is 22.7 Å². The summed E-state index contributed by atoms with van der Waals surface area (Å²) in [6.45, 7) is 5.78. The molecular weight excluding hydrogens is 467 g/mol. The first-order valence-corrected chi connectivity index (χ1v) is 10.4. The highest BCUT2D eigenvalue weighted by atomic mass is 19.4. The number of aryl methyl sites for hydroxylation is 2. The summed E-state index contributed by atoms with van der Waals surface area (Å²) >= 11 is 0. The van der Waals surface area contributed by atoms with E-state index in [4.69, 9.17) is 0 Å². The number of nitrogens with zero attached hydrogens (tertiary/aromatic N) is 3. The predicted molar refractivity (Wildman–Crippen MR) is 123 cm³/mol. The van der Waals surface area contributed by atoms with Gasteiger partial charge in [-0.25, -0.2) is 18.7 Å². The molecule has 0 aliphatic heterocycles. The number of hydrogen-bond acceptors (Lipinski definition) is 4. The molecule has 0 spiro atoms. The molecule has 2 aromatic heterocycles. The van der Waals surface area contributed by atoms with Crippen LogP contribution in [0.5, 0.6) is 0 Å². The summed E-state index contributed by atoms with van der Waals surface area (Å²) in [4.78, 5) is 21.5. The molecular formula is C25H19F5N4O. The third-order valence-corrected chi connectivity index (χ3v) is 5.37. The van der Waals surface area contributed by atoms with Crippen molar-refractivity contribution in [3.05, 3.63) is 94.0 Å². The van der Waals surface area contributed by atoms with Gasteiger partial charge >= 0.3 is 6.18 Å². The Balaban J connectivity index is 1.94. The first-order chi connectivity index (χ1) is 16.5. The zero-order valence-corrected chi connectivity index (χ0v) is 18.7. The Labute approximate surface area is 196 Å². The fourth-order valence-corrected chi connectivity index (χ4v) is 3.72. The van der Waals surface area contributed by atoms with E-state index in [0.29, 0.717) is 22.2 Å². The van der Waals surface area contributed by atoms with Crippen molar-refractivity contribution in [3.8, 4) is 16.9 Å². The second-order valence-electron chi connectivity index (χ2n) is 7.91. The molecule has 0 aliphatic carbocycles. The normalized spacial score (nSPS) is 11.6. The van der Waals surface area contributed by atoms with E-state index >= 15 is 0 Å². The van der Waals surface area contributed by atoms with Crippen LogP contribution in [0.2, 0.25) is 0 Å². The number of rotatable bonds is 5. The van der Waals surface area contributed by atoms with Crippen molar-refractivity contribution >= 4 is 16.7 Å². The molecule has 1 N–H and O–H groups in total. The van der Waals surface area contributed by atoms with Gasteiger partial charge in [-0.15, -0.1) is 0 Å². The van der Waals surface area contributed by atoms with Gasteiger partial charge < -0.3 is 5.32 Å². The molecule has 0 fully saturated rings. The lowest BCUT2D eigenvalue weighted by atomic mass is 9.98. The van der Waals surface area contributed by atoms with Crippen LogP contribution in [0.4, 0.5) is 22.0 Å². The van der Waals surface area contributed by atoms with Gasteiger partial charge in [0.25, 0.3) is 5.56 Å². The third kappa shape index (κ3) is 4.77. The smallest absolute Gasteiger partial charge is 0.376 e. The number of fused-ring (bicyclic) bond motifs is 1. The van der Waals surface area contributed by atoms with Crippen molar-refractivity contribution in [2.45, 2.75) is 20.0 Å². The van der Waals surface area contributed by atoms with E-state index in [1.165, 1.54) is 12.1 Å². The lowest BCUT2D eigenvalue weighted by molar-refractivity contribution is -0.122. The molecule has 0 aliphatic rings. The van der Waals surface area contributed by atoms with Gasteiger partial charge in [-0.05, 0) is 49.2 Å². The van der Waals surface area contributed by atoms with Crippen molar-refractivity contribution in [2.24, 2.45) is 0 Å². The van der Waals surface area contributed by atoms with Gasteiger partial charge in [-0.1, -0.05) is 24.8 Å². The molecule has 0 unspecified atom stereocenters. The molecule has 4 aromatic rings. The lowest BCUT2D eigenvalue weighted by Crippen LogP contribution is -2.27. The quantitative estimate of drug-likeness (QED) is 0.381. The number of alkyl halides is 3. The van der Waals surface area contributed by atoms with Gasteiger partial charge in [0.05, 0.1) is 5.69 Å². The molecule has 2 heterocycles. The Morgan fingerprint density at radius 1 is 1.03 bits per heavy atom. The van der Waals surface area contributed by atoms with Crippen LogP contribution in [0.25, 0.3) is 33.7 Å². The Morgan fingerprint density at radius 3 is 2.37 bits per heavy atom. The molecule has 2 aromatic carbocycles. The highest BCUT2D eigenvalue weighted by Gasteiger charge is 2.27. The molecule has 0 amide bonds. The number of halogens is 5. The van der Waals surface area contributed by atoms with Crippen LogP contribution in [0.15, 0.2) is 59.9 Å². The van der Waals surface area contributed by atoms with Crippen LogP contribution in [-0.2, 0) is 0 Å². The first-order valence-electron chi connectivity index (χ1n) is 10.4.